The molecule has 2 aromatic carbocycles. The number of hydrogen-bond acceptors (Lipinski definition) is 8. The lowest BCUT2D eigenvalue weighted by atomic mass is 10.1. The lowest BCUT2D eigenvalue weighted by Crippen LogP contribution is -2.35. The first kappa shape index (κ1) is 30.0. The Balaban J connectivity index is 1.48. The van der Waals surface area contributed by atoms with Crippen LogP contribution < -0.4 is 9.47 Å². The van der Waals surface area contributed by atoms with E-state index in [2.05, 4.69) is 30.0 Å². The number of nitro groups is 1. The van der Waals surface area contributed by atoms with Gasteiger partial charge in [-0.3, -0.25) is 20.3 Å². The van der Waals surface area contributed by atoms with E-state index in [1.807, 2.05) is 19.1 Å². The van der Waals surface area contributed by atoms with E-state index in [1.165, 1.54) is 65.9 Å². The van der Waals surface area contributed by atoms with E-state index in [4.69, 9.17) is 14.9 Å². The second-order valence-electron chi connectivity index (χ2n) is 9.86. The molecule has 0 aromatic heterocycles. The summed E-state index contributed by atoms with van der Waals surface area (Å²) in [7, 11) is 0. The Morgan fingerprint density at radius 2 is 1.85 bits per heavy atom. The van der Waals surface area contributed by atoms with Crippen LogP contribution in [0.15, 0.2) is 52.1 Å². The van der Waals surface area contributed by atoms with Crippen molar-refractivity contribution in [2.45, 2.75) is 65.7 Å². The average Bonchev–Trinajstić information content (AvgIpc) is 3.36. The van der Waals surface area contributed by atoms with Crippen LogP contribution in [-0.4, -0.2) is 45.1 Å². The number of benzene rings is 2. The van der Waals surface area contributed by atoms with Crippen LogP contribution in [0, 0.1) is 22.4 Å². The van der Waals surface area contributed by atoms with Gasteiger partial charge in [-0.1, -0.05) is 45.6 Å². The molecule has 1 N–H and O–H groups in total. The molecule has 0 aliphatic carbocycles. The first-order valence-corrected chi connectivity index (χ1v) is 14.7. The fourth-order valence-electron chi connectivity index (χ4n) is 4.48. The molecule has 216 valence electrons. The Morgan fingerprint density at radius 1 is 1.07 bits per heavy atom. The van der Waals surface area contributed by atoms with Gasteiger partial charge in [0.05, 0.1) is 10.5 Å². The molecule has 0 fully saturated rings. The number of nitrogens with one attached hydrogen (secondary N) is 1. The monoisotopic (exact) mass is 577 g/mol. The molecule has 0 unspecified atom stereocenters. The van der Waals surface area contributed by atoms with Crippen LogP contribution >= 0.6 is 11.8 Å². The quantitative estimate of drug-likeness (QED) is 0.112. The number of non-ortho nitro benzene ring substituents is 1. The van der Waals surface area contributed by atoms with E-state index in [1.54, 1.807) is 0 Å². The fraction of sp³-hybridized carbons (Fsp3) is 0.400. The average molecular weight is 578 g/mol. The van der Waals surface area contributed by atoms with Crippen LogP contribution in [0.25, 0.3) is 6.08 Å². The number of rotatable bonds is 14. The Bertz CT molecular complexity index is 1420. The third kappa shape index (κ3) is 7.81. The summed E-state index contributed by atoms with van der Waals surface area (Å²) in [5.41, 5.74) is 2.40. The maximum absolute atomic E-state index is 12.9. The molecule has 0 bridgehead atoms. The first-order valence-electron chi connectivity index (χ1n) is 13.9. The van der Waals surface area contributed by atoms with E-state index in [0.29, 0.717) is 16.5 Å². The highest BCUT2D eigenvalue weighted by Crippen LogP contribution is 2.32. The normalized spacial score (nSPS) is 15.6. The molecule has 0 saturated heterocycles. The molecule has 2 heterocycles. The SMILES string of the molecule is CCCCCCCC1=NN2C(=N)/C(=C/c3cc([N+](=O)[O-])ccc3OCCOc3cc(C)cc(CC)c3)C(=O)N=C2S1. The number of nitro benzene ring substituents is 1. The lowest BCUT2D eigenvalue weighted by Gasteiger charge is -2.20. The minimum Gasteiger partial charge on any atom is -0.490 e. The zero-order chi connectivity index (χ0) is 29.4. The molecule has 41 heavy (non-hydrogen) atoms. The third-order valence-corrected chi connectivity index (χ3v) is 7.59. The van der Waals surface area contributed by atoms with Gasteiger partial charge in [0, 0.05) is 17.7 Å². The molecule has 0 spiro atoms. The number of aliphatic imine (C=N–C) groups is 1. The second-order valence-corrected chi connectivity index (χ2v) is 10.9. The topological polar surface area (TPSA) is 130 Å². The highest BCUT2D eigenvalue weighted by Gasteiger charge is 2.35. The summed E-state index contributed by atoms with van der Waals surface area (Å²) in [4.78, 5) is 28.0. The number of carbonyl (C=O) groups excluding carboxylic acids is 1. The molecule has 1 amide bonds. The number of amides is 1. The van der Waals surface area contributed by atoms with Crippen molar-refractivity contribution in [1.29, 1.82) is 5.41 Å². The van der Waals surface area contributed by atoms with Crippen molar-refractivity contribution in [3.05, 3.63) is 68.8 Å². The van der Waals surface area contributed by atoms with Gasteiger partial charge in [0.1, 0.15) is 29.8 Å². The summed E-state index contributed by atoms with van der Waals surface area (Å²) in [6.07, 6.45) is 8.71. The van der Waals surface area contributed by atoms with Gasteiger partial charge in [0.25, 0.3) is 11.6 Å². The molecule has 0 atom stereocenters. The second kappa shape index (κ2) is 14.1. The molecule has 11 heteroatoms. The summed E-state index contributed by atoms with van der Waals surface area (Å²) in [5.74, 6) is 0.351. The van der Waals surface area contributed by atoms with Crippen LogP contribution in [0.2, 0.25) is 0 Å². The zero-order valence-electron chi connectivity index (χ0n) is 23.6. The third-order valence-electron chi connectivity index (χ3n) is 6.62. The van der Waals surface area contributed by atoms with Crippen LogP contribution in [0.5, 0.6) is 11.5 Å². The van der Waals surface area contributed by atoms with E-state index in [-0.39, 0.29) is 30.3 Å². The van der Waals surface area contributed by atoms with Crippen molar-refractivity contribution in [3.63, 3.8) is 0 Å². The van der Waals surface area contributed by atoms with Gasteiger partial charge in [-0.25, -0.2) is 0 Å². The van der Waals surface area contributed by atoms with Crippen molar-refractivity contribution in [3.8, 4) is 11.5 Å². The van der Waals surface area contributed by atoms with Gasteiger partial charge in [-0.15, -0.1) is 0 Å². The van der Waals surface area contributed by atoms with E-state index < -0.39 is 10.8 Å². The number of fused-ring (bicyclic) bond motifs is 1. The number of aryl methyl sites for hydroxylation is 2. The standard InChI is InChI=1S/C30H35N5O5S/c1-4-6-7-8-9-10-27-33-34-28(31)25(29(36)32-30(34)41-27)19-22-18-23(35(37)38)11-12-26(22)40-14-13-39-24-16-20(3)15-21(5-2)17-24/h11-12,15-19,31H,4-10,13-14H2,1-3H3/b25-19-,31-28?. The summed E-state index contributed by atoms with van der Waals surface area (Å²) in [5, 5.41) is 27.2. The first-order chi connectivity index (χ1) is 19.8. The summed E-state index contributed by atoms with van der Waals surface area (Å²) < 4.78 is 11.8. The Hall–Kier alpha value is -3.99. The molecular weight excluding hydrogens is 542 g/mol. The van der Waals surface area contributed by atoms with Gasteiger partial charge >= 0.3 is 0 Å². The highest BCUT2D eigenvalue weighted by molar-refractivity contribution is 8.26. The van der Waals surface area contributed by atoms with Gasteiger partial charge in [-0.05, 0) is 73.4 Å². The Morgan fingerprint density at radius 3 is 2.61 bits per heavy atom. The van der Waals surface area contributed by atoms with Crippen LogP contribution in [-0.2, 0) is 11.2 Å². The number of carbonyl (C=O) groups is 1. The van der Waals surface area contributed by atoms with Crippen molar-refractivity contribution in [2.75, 3.05) is 13.2 Å². The van der Waals surface area contributed by atoms with Crippen molar-refractivity contribution in [2.24, 2.45) is 10.1 Å². The minimum absolute atomic E-state index is 0.0178. The van der Waals surface area contributed by atoms with E-state index in [0.717, 1.165) is 42.0 Å². The Labute approximate surface area is 244 Å². The number of hydrazone groups is 1. The van der Waals surface area contributed by atoms with Gasteiger partial charge in [0.15, 0.2) is 5.84 Å². The van der Waals surface area contributed by atoms with Crippen LogP contribution in [0.1, 0.15) is 69.1 Å². The molecule has 0 radical (unpaired) electrons. The number of thioether (sulfide) groups is 1. The fourth-order valence-corrected chi connectivity index (χ4v) is 5.41. The number of unbranched alkanes of at least 4 members (excludes halogenated alkanes) is 4. The molecule has 4 rings (SSSR count). The number of amidine groups is 2. The predicted octanol–water partition coefficient (Wildman–Crippen LogP) is 6.90. The predicted molar refractivity (Wildman–Crippen MR) is 163 cm³/mol. The van der Waals surface area contributed by atoms with Gasteiger partial charge in [0.2, 0.25) is 5.17 Å². The molecule has 2 aliphatic heterocycles. The van der Waals surface area contributed by atoms with E-state index in [9.17, 15) is 14.9 Å². The maximum Gasteiger partial charge on any atom is 0.283 e. The van der Waals surface area contributed by atoms with E-state index >= 15 is 0 Å². The number of nitrogens with zero attached hydrogens (tertiary/aromatic N) is 4. The van der Waals surface area contributed by atoms with Crippen LogP contribution in [0.3, 0.4) is 0 Å². The number of hydrogen-bond donors (Lipinski definition) is 1. The molecule has 2 aliphatic rings. The lowest BCUT2D eigenvalue weighted by molar-refractivity contribution is -0.384. The molecule has 10 nitrogen and oxygen atoms in total. The molecular formula is C30H35N5O5S. The smallest absolute Gasteiger partial charge is 0.283 e. The van der Waals surface area contributed by atoms with Gasteiger partial charge < -0.3 is 9.47 Å². The van der Waals surface area contributed by atoms with Crippen LogP contribution in [0.4, 0.5) is 5.69 Å². The maximum atomic E-state index is 12.9. The largest absolute Gasteiger partial charge is 0.490 e. The Kier molecular flexibility index (Phi) is 10.3. The number of ether oxygens (including phenoxy) is 2. The molecule has 2 aromatic rings. The van der Waals surface area contributed by atoms with Crippen molar-refractivity contribution >= 4 is 45.5 Å². The summed E-state index contributed by atoms with van der Waals surface area (Å²) in [6, 6.07) is 10.2. The van der Waals surface area contributed by atoms with Crippen molar-refractivity contribution in [1.82, 2.24) is 5.01 Å². The highest BCUT2D eigenvalue weighted by atomic mass is 32.2. The summed E-state index contributed by atoms with van der Waals surface area (Å²) >= 11 is 1.31. The zero-order valence-corrected chi connectivity index (χ0v) is 24.5. The van der Waals surface area contributed by atoms with Gasteiger partial charge in [-0.2, -0.15) is 15.1 Å². The van der Waals surface area contributed by atoms with Crippen molar-refractivity contribution < 1.29 is 19.2 Å². The summed E-state index contributed by atoms with van der Waals surface area (Å²) in [6.45, 7) is 6.69. The molecule has 0 saturated carbocycles. The minimum atomic E-state index is -0.597.